The van der Waals surface area contributed by atoms with Crippen molar-refractivity contribution < 1.29 is 0 Å². The van der Waals surface area contributed by atoms with Crippen molar-refractivity contribution in [2.24, 2.45) is 0 Å². The minimum Gasteiger partial charge on any atom is -0.399 e. The highest BCUT2D eigenvalue weighted by molar-refractivity contribution is 9.10. The Labute approximate surface area is 404 Å². The van der Waals surface area contributed by atoms with E-state index in [9.17, 15) is 0 Å². The molecule has 0 amide bonds. The first-order chi connectivity index (χ1) is 32.9. The lowest BCUT2D eigenvalue weighted by Crippen LogP contribution is -2.28. The molecule has 2 aliphatic rings. The Morgan fingerprint density at radius 1 is 0.328 bits per heavy atom. The molecule has 0 heterocycles. The van der Waals surface area contributed by atoms with E-state index in [2.05, 4.69) is 254 Å². The van der Waals surface area contributed by atoms with Gasteiger partial charge < -0.3 is 5.73 Å². The minimum absolute atomic E-state index is 0.303. The second-order valence-corrected chi connectivity index (χ2v) is 18.6. The summed E-state index contributed by atoms with van der Waals surface area (Å²) in [5.74, 6) is 0. The molecule has 0 aromatic heterocycles. The Hall–Kier alpha value is -7.52. The third-order valence-electron chi connectivity index (χ3n) is 13.5. The van der Waals surface area contributed by atoms with Crippen LogP contribution in [0.1, 0.15) is 66.8 Å². The van der Waals surface area contributed by atoms with Crippen LogP contribution < -0.4 is 5.73 Å². The van der Waals surface area contributed by atoms with Crippen molar-refractivity contribution in [2.75, 3.05) is 5.73 Å². The molecular formula is C65H52BrN. The second kappa shape index (κ2) is 18.8. The highest BCUT2D eigenvalue weighted by atomic mass is 79.9. The van der Waals surface area contributed by atoms with Crippen molar-refractivity contribution in [1.29, 1.82) is 0 Å². The van der Waals surface area contributed by atoms with Crippen molar-refractivity contribution in [1.82, 2.24) is 0 Å². The zero-order chi connectivity index (χ0) is 45.8. The number of aryl methyl sites for hydroxylation is 2. The summed E-state index contributed by atoms with van der Waals surface area (Å²) < 4.78 is 1.11. The third kappa shape index (κ3) is 8.02. The summed E-state index contributed by atoms with van der Waals surface area (Å²) in [5, 5.41) is 0. The number of benzene rings is 10. The van der Waals surface area contributed by atoms with Crippen LogP contribution in [-0.4, -0.2) is 0 Å². The van der Waals surface area contributed by atoms with Gasteiger partial charge in [0.1, 0.15) is 0 Å². The lowest BCUT2D eigenvalue weighted by atomic mass is 9.67. The quantitative estimate of drug-likeness (QED) is 0.165. The van der Waals surface area contributed by atoms with Gasteiger partial charge >= 0.3 is 0 Å². The fourth-order valence-corrected chi connectivity index (χ4v) is 11.1. The Morgan fingerprint density at radius 3 is 1.07 bits per heavy atom. The zero-order valence-electron chi connectivity index (χ0n) is 37.9. The molecule has 0 aliphatic heterocycles. The van der Waals surface area contributed by atoms with Crippen molar-refractivity contribution in [3.05, 3.63) is 326 Å². The van der Waals surface area contributed by atoms with Crippen LogP contribution in [0.3, 0.4) is 0 Å². The number of nitrogen functional groups attached to an aromatic ring is 1. The number of rotatable bonds is 6. The minimum atomic E-state index is -0.327. The first-order valence-corrected chi connectivity index (χ1v) is 23.9. The summed E-state index contributed by atoms with van der Waals surface area (Å²) in [6, 6.07) is 91.8. The number of hydrogen-bond acceptors (Lipinski definition) is 1. The summed E-state index contributed by atoms with van der Waals surface area (Å²) in [7, 11) is 0. The predicted octanol–water partition coefficient (Wildman–Crippen LogP) is 16.3. The molecule has 0 bridgehead atoms. The molecule has 10 aromatic rings. The number of fused-ring (bicyclic) bond motifs is 6. The maximum atomic E-state index is 5.36. The molecule has 0 fully saturated rings. The molecule has 324 valence electrons. The van der Waals surface area contributed by atoms with E-state index in [1.165, 1.54) is 89.0 Å². The Bertz CT molecular complexity index is 3190. The van der Waals surface area contributed by atoms with E-state index in [-0.39, 0.29) is 10.8 Å². The van der Waals surface area contributed by atoms with Crippen molar-refractivity contribution in [2.45, 2.75) is 31.1 Å². The van der Waals surface area contributed by atoms with E-state index >= 15 is 0 Å². The molecule has 0 spiro atoms. The van der Waals surface area contributed by atoms with Gasteiger partial charge in [-0.05, 0) is 122 Å². The van der Waals surface area contributed by atoms with Crippen LogP contribution in [0.2, 0.25) is 0 Å². The van der Waals surface area contributed by atoms with Crippen LogP contribution in [0.4, 0.5) is 5.69 Å². The van der Waals surface area contributed by atoms with Gasteiger partial charge in [-0.25, -0.2) is 0 Å². The van der Waals surface area contributed by atoms with Gasteiger partial charge in [0.05, 0.1) is 10.8 Å². The van der Waals surface area contributed by atoms with Gasteiger partial charge in [0.2, 0.25) is 0 Å². The van der Waals surface area contributed by atoms with Crippen LogP contribution in [0.25, 0.3) is 22.3 Å². The van der Waals surface area contributed by atoms with Gasteiger partial charge in [-0.2, -0.15) is 0 Å². The Kier molecular flexibility index (Phi) is 12.1. The summed E-state index contributed by atoms with van der Waals surface area (Å²) in [5.41, 5.74) is 26.8. The first kappa shape index (κ1) is 43.4. The van der Waals surface area contributed by atoms with Crippen molar-refractivity contribution >= 4 is 21.6 Å². The average Bonchev–Trinajstić information content (AvgIpc) is 3.84. The van der Waals surface area contributed by atoms with E-state index in [0.717, 1.165) is 16.6 Å². The van der Waals surface area contributed by atoms with Crippen LogP contribution in [-0.2, 0) is 17.3 Å². The normalized spacial score (nSPS) is 13.1. The monoisotopic (exact) mass is 925 g/mol. The molecule has 12 rings (SSSR count). The average molecular weight is 927 g/mol. The van der Waals surface area contributed by atoms with Crippen LogP contribution in [0, 0.1) is 13.8 Å². The van der Waals surface area contributed by atoms with Gasteiger partial charge in [-0.15, -0.1) is 0 Å². The van der Waals surface area contributed by atoms with Crippen LogP contribution in [0.5, 0.6) is 0 Å². The number of anilines is 1. The predicted molar refractivity (Wildman–Crippen MR) is 285 cm³/mol. The van der Waals surface area contributed by atoms with Gasteiger partial charge in [-0.1, -0.05) is 258 Å². The van der Waals surface area contributed by atoms with Crippen molar-refractivity contribution in [3.8, 4) is 22.3 Å². The molecule has 0 saturated heterocycles. The van der Waals surface area contributed by atoms with E-state index in [1.807, 2.05) is 30.3 Å². The summed E-state index contributed by atoms with van der Waals surface area (Å²) in [6.45, 7) is 4.36. The van der Waals surface area contributed by atoms with Gasteiger partial charge in [0.25, 0.3) is 0 Å². The Balaban J connectivity index is 0.000000139. The lowest BCUT2D eigenvalue weighted by Gasteiger charge is -2.34. The van der Waals surface area contributed by atoms with E-state index in [0.29, 0.717) is 0 Å². The first-order valence-electron chi connectivity index (χ1n) is 23.1. The van der Waals surface area contributed by atoms with E-state index in [4.69, 9.17) is 5.73 Å². The SMILES string of the molecule is Cc1cccc(C2(c3cccc(Br)c3)c3ccccc3-c3ccccc32)c1.Cc1cccc(C2(c3cccc(Cc4ccccc4)c3)c3ccccc3-c3ccccc32)c1.Nc1ccccc1. The summed E-state index contributed by atoms with van der Waals surface area (Å²) in [6.07, 6.45) is 0.932. The fraction of sp³-hybridized carbons (Fsp3) is 0.0769. The molecule has 67 heavy (non-hydrogen) atoms. The number of para-hydroxylation sites is 1. The summed E-state index contributed by atoms with van der Waals surface area (Å²) >= 11 is 3.70. The van der Waals surface area contributed by atoms with Crippen LogP contribution in [0.15, 0.2) is 259 Å². The van der Waals surface area contributed by atoms with Crippen molar-refractivity contribution in [3.63, 3.8) is 0 Å². The maximum Gasteiger partial charge on any atom is 0.0714 e. The van der Waals surface area contributed by atoms with Crippen LogP contribution >= 0.6 is 15.9 Å². The molecule has 0 saturated carbocycles. The number of halogens is 1. The number of hydrogen-bond donors (Lipinski definition) is 1. The number of nitrogens with two attached hydrogens (primary N) is 1. The second-order valence-electron chi connectivity index (χ2n) is 17.7. The highest BCUT2D eigenvalue weighted by Gasteiger charge is 2.47. The standard InChI is InChI=1S/C33H26.C26H19Br.C6H7N/c1-24-11-9-15-27(21-24)33(28-16-10-14-26(23-28)22-25-12-3-2-4-13-25)31-19-7-5-17-29(31)30-18-6-8-20-32(30)33;1-18-8-6-9-19(16-18)26(20-10-7-11-21(27)17-20)24-14-4-2-12-22(24)23-13-3-5-15-25(23)26;7-6-4-2-1-3-5-6/h2-21,23H,22H2,1H3;2-17H,1H3;1-5H,7H2. The molecule has 0 radical (unpaired) electrons. The third-order valence-corrected chi connectivity index (χ3v) is 14.0. The van der Waals surface area contributed by atoms with Gasteiger partial charge in [0, 0.05) is 10.2 Å². The molecular weight excluding hydrogens is 875 g/mol. The topological polar surface area (TPSA) is 26.0 Å². The maximum absolute atomic E-state index is 5.36. The highest BCUT2D eigenvalue weighted by Crippen LogP contribution is 2.57. The summed E-state index contributed by atoms with van der Waals surface area (Å²) in [4.78, 5) is 0. The van der Waals surface area contributed by atoms with E-state index in [1.54, 1.807) is 0 Å². The molecule has 10 aromatic carbocycles. The van der Waals surface area contributed by atoms with Gasteiger partial charge in [-0.3, -0.25) is 0 Å². The smallest absolute Gasteiger partial charge is 0.0714 e. The molecule has 2 heteroatoms. The fourth-order valence-electron chi connectivity index (χ4n) is 10.7. The molecule has 0 unspecified atom stereocenters. The molecule has 2 aliphatic carbocycles. The van der Waals surface area contributed by atoms with Gasteiger partial charge in [0.15, 0.2) is 0 Å². The largest absolute Gasteiger partial charge is 0.399 e. The molecule has 1 nitrogen and oxygen atoms in total. The Morgan fingerprint density at radius 2 is 0.672 bits per heavy atom. The van der Waals surface area contributed by atoms with E-state index < -0.39 is 0 Å². The molecule has 2 N–H and O–H groups in total. The molecule has 0 atom stereocenters. The lowest BCUT2D eigenvalue weighted by molar-refractivity contribution is 0.765. The zero-order valence-corrected chi connectivity index (χ0v) is 39.5.